The van der Waals surface area contributed by atoms with E-state index in [1.165, 1.54) is 18.2 Å². The highest BCUT2D eigenvalue weighted by atomic mass is 35.5. The van der Waals surface area contributed by atoms with Gasteiger partial charge in [0, 0.05) is 42.9 Å². The average Bonchev–Trinajstić information content (AvgIpc) is 2.99. The van der Waals surface area contributed by atoms with Gasteiger partial charge in [-0.1, -0.05) is 43.2 Å². The molecule has 0 spiro atoms. The molecule has 1 atom stereocenters. The first-order valence-corrected chi connectivity index (χ1v) is 16.4. The summed E-state index contributed by atoms with van der Waals surface area (Å²) in [5, 5.41) is 10.7. The molecular weight excluding hydrogens is 530 g/mol. The van der Waals surface area contributed by atoms with E-state index in [4.69, 9.17) is 21.1 Å². The number of carbonyl (C=O) groups is 1. The van der Waals surface area contributed by atoms with Crippen LogP contribution in [0.3, 0.4) is 0 Å². The second-order valence-corrected chi connectivity index (χ2v) is 16.8. The molecule has 204 valence electrons. The van der Waals surface area contributed by atoms with Crippen LogP contribution in [0, 0.1) is 23.1 Å². The van der Waals surface area contributed by atoms with Gasteiger partial charge in [-0.25, -0.2) is 13.6 Å². The lowest BCUT2D eigenvalue weighted by atomic mass is 9.94. The van der Waals surface area contributed by atoms with Crippen LogP contribution in [-0.2, 0) is 11.3 Å². The maximum absolute atomic E-state index is 16.3. The number of aromatic hydroxyl groups is 1. The number of hydrogen-bond donors (Lipinski definition) is 1. The number of ether oxygens (including phenoxy) is 2. The summed E-state index contributed by atoms with van der Waals surface area (Å²) in [6, 6.07) is 4.10. The van der Waals surface area contributed by atoms with Gasteiger partial charge in [-0.2, -0.15) is 0 Å². The second-order valence-electron chi connectivity index (χ2n) is 11.7. The van der Waals surface area contributed by atoms with Gasteiger partial charge in [0.15, 0.2) is 11.6 Å². The predicted molar refractivity (Wildman–Crippen MR) is 146 cm³/mol. The normalized spacial score (nSPS) is 17.9. The Labute approximate surface area is 228 Å². The van der Waals surface area contributed by atoms with Crippen molar-refractivity contribution in [3.8, 4) is 34.1 Å². The summed E-state index contributed by atoms with van der Waals surface area (Å²) < 4.78 is 44.0. The predicted octanol–water partition coefficient (Wildman–Crippen LogP) is 6.03. The minimum Gasteiger partial charge on any atom is -0.507 e. The van der Waals surface area contributed by atoms with E-state index in [-0.39, 0.29) is 58.0 Å². The summed E-state index contributed by atoms with van der Waals surface area (Å²) in [4.78, 5) is 16.2. The van der Waals surface area contributed by atoms with Crippen LogP contribution in [0.5, 0.6) is 11.5 Å². The first-order valence-electron chi connectivity index (χ1n) is 12.6. The minimum absolute atomic E-state index is 0.0325. The molecule has 2 aromatic carbocycles. The quantitative estimate of drug-likeness (QED) is 0.339. The van der Waals surface area contributed by atoms with Crippen molar-refractivity contribution in [2.45, 2.75) is 58.6 Å². The molecule has 2 aliphatic rings. The largest absolute Gasteiger partial charge is 0.507 e. The topological polar surface area (TPSA) is 62.2 Å². The number of phenolic OH excluding ortho intramolecular Hbond substituents is 1. The van der Waals surface area contributed by atoms with Gasteiger partial charge in [0.2, 0.25) is 0 Å². The second kappa shape index (κ2) is 10.4. The molecule has 1 fully saturated rings. The molecular formula is C28H33ClF2N2O4Si. The molecule has 0 aromatic heterocycles. The molecule has 0 saturated carbocycles. The van der Waals surface area contributed by atoms with Crippen LogP contribution < -0.4 is 4.74 Å². The highest BCUT2D eigenvalue weighted by Crippen LogP contribution is 2.45. The van der Waals surface area contributed by atoms with Gasteiger partial charge in [0.25, 0.3) is 0 Å². The van der Waals surface area contributed by atoms with Gasteiger partial charge in [0.05, 0.1) is 16.6 Å². The molecule has 2 aliphatic heterocycles. The molecule has 38 heavy (non-hydrogen) atoms. The molecule has 0 radical (unpaired) electrons. The van der Waals surface area contributed by atoms with Crippen molar-refractivity contribution >= 4 is 25.8 Å². The maximum Gasteiger partial charge on any atom is 0.410 e. The van der Waals surface area contributed by atoms with Gasteiger partial charge in [0.1, 0.15) is 31.8 Å². The van der Waals surface area contributed by atoms with Crippen LogP contribution in [-0.4, -0.2) is 67.0 Å². The number of phenols is 1. The lowest BCUT2D eigenvalue weighted by Crippen LogP contribution is -2.56. The monoisotopic (exact) mass is 562 g/mol. The first-order chi connectivity index (χ1) is 17.7. The van der Waals surface area contributed by atoms with Crippen molar-refractivity contribution < 1.29 is 28.2 Å². The number of piperazine rings is 1. The van der Waals surface area contributed by atoms with E-state index in [9.17, 15) is 9.90 Å². The highest BCUT2D eigenvalue weighted by Gasteiger charge is 2.38. The third-order valence-corrected chi connectivity index (χ3v) is 7.46. The zero-order chi connectivity index (χ0) is 28.0. The van der Waals surface area contributed by atoms with Crippen molar-refractivity contribution in [2.24, 2.45) is 0 Å². The fourth-order valence-corrected chi connectivity index (χ4v) is 5.27. The fraction of sp³-hybridized carbons (Fsp3) is 0.464. The molecule has 0 bridgehead atoms. The number of rotatable bonds is 1. The lowest BCUT2D eigenvalue weighted by Gasteiger charge is -2.40. The van der Waals surface area contributed by atoms with Crippen LogP contribution in [0.1, 0.15) is 31.9 Å². The van der Waals surface area contributed by atoms with Crippen molar-refractivity contribution in [1.29, 1.82) is 0 Å². The summed E-state index contributed by atoms with van der Waals surface area (Å²) >= 11 is 6.37. The molecule has 2 aromatic rings. The molecule has 1 saturated heterocycles. The Morgan fingerprint density at radius 3 is 2.53 bits per heavy atom. The zero-order valence-electron chi connectivity index (χ0n) is 22.5. The molecule has 1 amide bonds. The Balaban J connectivity index is 1.79. The first kappa shape index (κ1) is 28.2. The summed E-state index contributed by atoms with van der Waals surface area (Å²) in [5.74, 6) is 0.848. The Bertz CT molecular complexity index is 1310. The van der Waals surface area contributed by atoms with E-state index in [0.717, 1.165) is 0 Å². The number of halogens is 3. The summed E-state index contributed by atoms with van der Waals surface area (Å²) in [6.45, 7) is 12.7. The van der Waals surface area contributed by atoms with Crippen LogP contribution >= 0.6 is 11.6 Å². The highest BCUT2D eigenvalue weighted by molar-refractivity contribution is 6.83. The van der Waals surface area contributed by atoms with E-state index in [2.05, 4.69) is 11.5 Å². The Morgan fingerprint density at radius 2 is 1.89 bits per heavy atom. The Morgan fingerprint density at radius 1 is 1.18 bits per heavy atom. The van der Waals surface area contributed by atoms with E-state index in [0.29, 0.717) is 19.6 Å². The molecule has 6 nitrogen and oxygen atoms in total. The van der Waals surface area contributed by atoms with Crippen LogP contribution in [0.2, 0.25) is 24.7 Å². The Hall–Kier alpha value is -2.80. The standard InChI is InChI=1S/C28H33ClF2N2O4Si/c1-28(2,3)37-27(35)33-12-11-32-15-19-24(30)18(10-13-38(4,5)6)22(23-20(29)8-7-9-21(23)34)25(31)26(19)36-16-17(32)14-33/h7-9,17,34H,11-12,14-16H2,1-6H3/t17-/m1/s1. The molecule has 0 aliphatic carbocycles. The number of fused-ring (bicyclic) bond motifs is 2. The van der Waals surface area contributed by atoms with Gasteiger partial charge in [-0.15, -0.1) is 5.54 Å². The summed E-state index contributed by atoms with van der Waals surface area (Å²) in [6.07, 6.45) is -0.434. The maximum atomic E-state index is 16.3. The Kier molecular flexibility index (Phi) is 7.72. The van der Waals surface area contributed by atoms with Crippen LogP contribution in [0.25, 0.3) is 11.1 Å². The van der Waals surface area contributed by atoms with E-state index < -0.39 is 31.4 Å². The average molecular weight is 563 g/mol. The molecule has 4 rings (SSSR count). The number of nitrogens with zero attached hydrogens (tertiary/aromatic N) is 2. The van der Waals surface area contributed by atoms with Crippen LogP contribution in [0.15, 0.2) is 18.2 Å². The van der Waals surface area contributed by atoms with Gasteiger partial charge in [-0.3, -0.25) is 4.90 Å². The molecule has 1 N–H and O–H groups in total. The van der Waals surface area contributed by atoms with Crippen molar-refractivity contribution in [1.82, 2.24) is 9.80 Å². The third-order valence-electron chi connectivity index (χ3n) is 6.27. The SMILES string of the molecule is CC(C)(C)OC(=O)N1CCN2Cc3c(F)c(C#C[Si](C)(C)C)c(-c4c(O)cccc4Cl)c(F)c3OC[C@H]2C1. The van der Waals surface area contributed by atoms with Gasteiger partial charge < -0.3 is 19.5 Å². The smallest absolute Gasteiger partial charge is 0.410 e. The zero-order valence-corrected chi connectivity index (χ0v) is 24.3. The summed E-state index contributed by atoms with van der Waals surface area (Å²) in [7, 11) is -1.98. The molecule has 2 heterocycles. The third kappa shape index (κ3) is 5.93. The van der Waals surface area contributed by atoms with E-state index in [1.807, 2.05) is 24.5 Å². The van der Waals surface area contributed by atoms with Crippen LogP contribution in [0.4, 0.5) is 13.6 Å². The molecule has 0 unspecified atom stereocenters. The van der Waals surface area contributed by atoms with Crippen molar-refractivity contribution in [2.75, 3.05) is 26.2 Å². The summed E-state index contributed by atoms with van der Waals surface area (Å²) in [5.41, 5.74) is 2.14. The van der Waals surface area contributed by atoms with Gasteiger partial charge >= 0.3 is 6.09 Å². The van der Waals surface area contributed by atoms with E-state index >= 15 is 8.78 Å². The lowest BCUT2D eigenvalue weighted by molar-refractivity contribution is -0.00173. The number of amides is 1. The number of hydrogen-bond acceptors (Lipinski definition) is 5. The van der Waals surface area contributed by atoms with E-state index in [1.54, 1.807) is 25.7 Å². The number of carbonyl (C=O) groups excluding carboxylic acids is 1. The molecule has 10 heteroatoms. The minimum atomic E-state index is -1.98. The fourth-order valence-electron chi connectivity index (χ4n) is 4.50. The van der Waals surface area contributed by atoms with Crippen molar-refractivity contribution in [3.05, 3.63) is 46.0 Å². The van der Waals surface area contributed by atoms with Crippen molar-refractivity contribution in [3.63, 3.8) is 0 Å². The van der Waals surface area contributed by atoms with Gasteiger partial charge in [-0.05, 0) is 32.9 Å². The number of benzene rings is 2.